The Morgan fingerprint density at radius 2 is 1.86 bits per heavy atom. The molecule has 3 N–H and O–H groups in total. The van der Waals surface area contributed by atoms with Crippen LogP contribution in [0.25, 0.3) is 10.9 Å². The summed E-state index contributed by atoms with van der Waals surface area (Å²) in [6.07, 6.45) is 7.81. The van der Waals surface area contributed by atoms with Gasteiger partial charge in [0.25, 0.3) is 0 Å². The van der Waals surface area contributed by atoms with Gasteiger partial charge in [-0.25, -0.2) is 0 Å². The van der Waals surface area contributed by atoms with Crippen molar-refractivity contribution in [3.63, 3.8) is 0 Å². The molecular weight excluding hydrogens is 528 g/mol. The summed E-state index contributed by atoms with van der Waals surface area (Å²) in [7, 11) is 1.67. The van der Waals surface area contributed by atoms with Gasteiger partial charge in [0.2, 0.25) is 11.8 Å². The number of hydrogen-bond acceptors (Lipinski definition) is 5. The number of amides is 2. The zero-order chi connectivity index (χ0) is 30.3. The molecule has 224 valence electrons. The lowest BCUT2D eigenvalue weighted by Gasteiger charge is -2.43. The number of carbonyl (C=O) groups excluding carboxylic acids is 3. The van der Waals surface area contributed by atoms with Crippen molar-refractivity contribution >= 4 is 28.7 Å². The van der Waals surface area contributed by atoms with Gasteiger partial charge in [-0.15, -0.1) is 0 Å². The first-order chi connectivity index (χ1) is 20.0. The number of aromatic nitrogens is 1. The maximum Gasteiger partial charge on any atom is 0.314 e. The minimum absolute atomic E-state index is 0.176. The number of nitrogens with two attached hydrogens (primary N) is 1. The van der Waals surface area contributed by atoms with E-state index in [0.29, 0.717) is 38.6 Å². The molecule has 1 aliphatic heterocycles. The normalized spacial score (nSPS) is 18.3. The maximum absolute atomic E-state index is 14.4. The van der Waals surface area contributed by atoms with E-state index in [1.165, 1.54) is 11.0 Å². The quantitative estimate of drug-likeness (QED) is 0.257. The maximum atomic E-state index is 14.4. The van der Waals surface area contributed by atoms with Gasteiger partial charge in [0.1, 0.15) is 6.04 Å². The Morgan fingerprint density at radius 3 is 2.57 bits per heavy atom. The van der Waals surface area contributed by atoms with E-state index in [-0.39, 0.29) is 30.9 Å². The summed E-state index contributed by atoms with van der Waals surface area (Å²) >= 11 is 0. The van der Waals surface area contributed by atoms with Gasteiger partial charge in [0, 0.05) is 49.2 Å². The van der Waals surface area contributed by atoms with Gasteiger partial charge in [0.15, 0.2) is 0 Å². The van der Waals surface area contributed by atoms with Crippen LogP contribution in [0.15, 0.2) is 72.9 Å². The molecule has 2 amide bonds. The number of likely N-dealkylation sites (N-methyl/N-ethyl adjacent to an activating group) is 1. The number of piperidine rings is 1. The molecule has 0 aliphatic carbocycles. The average molecular weight is 573 g/mol. The Balaban J connectivity index is 1.64. The summed E-state index contributed by atoms with van der Waals surface area (Å²) in [4.78, 5) is 47.8. The predicted octanol–water partition coefficient (Wildman–Crippen LogP) is 4.64. The van der Waals surface area contributed by atoms with Crippen LogP contribution >= 0.6 is 0 Å². The zero-order valence-corrected chi connectivity index (χ0v) is 25.3. The molecule has 8 heteroatoms. The van der Waals surface area contributed by atoms with Crippen LogP contribution in [-0.4, -0.2) is 70.9 Å². The number of rotatable bonds is 11. The molecule has 4 rings (SSSR count). The summed E-state index contributed by atoms with van der Waals surface area (Å²) in [5.41, 5.74) is 7.74. The fourth-order valence-corrected chi connectivity index (χ4v) is 5.82. The molecule has 1 aliphatic rings. The van der Waals surface area contributed by atoms with E-state index in [0.717, 1.165) is 22.0 Å². The summed E-state index contributed by atoms with van der Waals surface area (Å²) in [5.74, 6) is -0.725. The SMILES string of the molecule is CCOC(=O)[C@]1(Cc2ccccc2)CCCN(C(=O)[C@@H](Cc2c[nH]c3ccccc23)N(C)C(=O)/C=C/CC(C)(C)N)C1. The predicted molar refractivity (Wildman–Crippen MR) is 166 cm³/mol. The van der Waals surface area contributed by atoms with Crippen LogP contribution in [0.4, 0.5) is 0 Å². The second-order valence-corrected chi connectivity index (χ2v) is 12.2. The topological polar surface area (TPSA) is 109 Å². The number of nitrogens with zero attached hydrogens (tertiary/aromatic N) is 2. The van der Waals surface area contributed by atoms with E-state index >= 15 is 0 Å². The van der Waals surface area contributed by atoms with Crippen molar-refractivity contribution in [3.05, 3.63) is 84.1 Å². The lowest BCUT2D eigenvalue weighted by atomic mass is 9.74. The number of hydrogen-bond donors (Lipinski definition) is 2. The van der Waals surface area contributed by atoms with E-state index in [4.69, 9.17) is 10.5 Å². The fraction of sp³-hybridized carbons (Fsp3) is 0.441. The van der Waals surface area contributed by atoms with Crippen LogP contribution in [0.1, 0.15) is 51.2 Å². The van der Waals surface area contributed by atoms with Crippen molar-refractivity contribution < 1.29 is 19.1 Å². The number of ether oxygens (including phenoxy) is 1. The second-order valence-electron chi connectivity index (χ2n) is 12.2. The third kappa shape index (κ3) is 7.48. The highest BCUT2D eigenvalue weighted by Gasteiger charge is 2.46. The van der Waals surface area contributed by atoms with Crippen LogP contribution in [0.2, 0.25) is 0 Å². The Bertz CT molecular complexity index is 1410. The van der Waals surface area contributed by atoms with E-state index in [1.807, 2.05) is 74.6 Å². The standard InChI is InChI=1S/C34H44N4O4/c1-5-42-32(41)34(22-25-13-7-6-8-14-25)19-12-20-38(24-34)31(40)29(37(4)30(39)17-11-18-33(2,3)35)21-26-23-36-28-16-10-9-15-27(26)28/h6-11,13-17,23,29,36H,5,12,18-22,24,35H2,1-4H3/b17-11+/t29-,34+/m1/s1. The van der Waals surface area contributed by atoms with Gasteiger partial charge >= 0.3 is 5.97 Å². The molecule has 2 atom stereocenters. The van der Waals surface area contributed by atoms with Gasteiger partial charge in [-0.05, 0) is 69.7 Å². The summed E-state index contributed by atoms with van der Waals surface area (Å²) in [6.45, 7) is 6.63. The lowest BCUT2D eigenvalue weighted by molar-refractivity contribution is -0.162. The van der Waals surface area contributed by atoms with E-state index in [2.05, 4.69) is 4.98 Å². The average Bonchev–Trinajstić information content (AvgIpc) is 3.38. The third-order valence-electron chi connectivity index (χ3n) is 8.08. The largest absolute Gasteiger partial charge is 0.466 e. The highest BCUT2D eigenvalue weighted by Crippen LogP contribution is 2.36. The first-order valence-corrected chi connectivity index (χ1v) is 14.8. The number of H-pyrrole nitrogens is 1. The van der Waals surface area contributed by atoms with Crippen molar-refractivity contribution in [2.75, 3.05) is 26.7 Å². The van der Waals surface area contributed by atoms with Gasteiger partial charge < -0.3 is 25.3 Å². The number of benzene rings is 2. The van der Waals surface area contributed by atoms with Crippen LogP contribution in [-0.2, 0) is 32.0 Å². The van der Waals surface area contributed by atoms with Crippen molar-refractivity contribution in [1.82, 2.24) is 14.8 Å². The third-order valence-corrected chi connectivity index (χ3v) is 8.08. The van der Waals surface area contributed by atoms with Crippen molar-refractivity contribution in [3.8, 4) is 0 Å². The molecule has 1 aromatic heterocycles. The first kappa shape index (κ1) is 31.0. The molecule has 0 bridgehead atoms. The monoisotopic (exact) mass is 572 g/mol. The van der Waals surface area contributed by atoms with Crippen LogP contribution in [0.3, 0.4) is 0 Å². The molecule has 0 saturated carbocycles. The Morgan fingerprint density at radius 1 is 1.14 bits per heavy atom. The first-order valence-electron chi connectivity index (χ1n) is 14.8. The molecule has 42 heavy (non-hydrogen) atoms. The van der Waals surface area contributed by atoms with Crippen LogP contribution < -0.4 is 5.73 Å². The number of fused-ring (bicyclic) bond motifs is 1. The molecule has 1 saturated heterocycles. The highest BCUT2D eigenvalue weighted by molar-refractivity contribution is 5.94. The molecule has 8 nitrogen and oxygen atoms in total. The van der Waals surface area contributed by atoms with E-state index in [1.54, 1.807) is 24.9 Å². The summed E-state index contributed by atoms with van der Waals surface area (Å²) in [6, 6.07) is 17.0. The Kier molecular flexibility index (Phi) is 9.89. The van der Waals surface area contributed by atoms with Gasteiger partial charge in [-0.2, -0.15) is 0 Å². The molecular formula is C34H44N4O4. The van der Waals surface area contributed by atoms with Crippen molar-refractivity contribution in [2.24, 2.45) is 11.1 Å². The van der Waals surface area contributed by atoms with Crippen molar-refractivity contribution in [2.45, 2.75) is 64.5 Å². The Hall–Kier alpha value is -3.91. The molecule has 0 unspecified atom stereocenters. The number of likely N-dealkylation sites (tertiary alicyclic amines) is 1. The summed E-state index contributed by atoms with van der Waals surface area (Å²) in [5, 5.41) is 1.01. The molecule has 1 fully saturated rings. The fourth-order valence-electron chi connectivity index (χ4n) is 5.82. The Labute approximate surface area is 248 Å². The summed E-state index contributed by atoms with van der Waals surface area (Å²) < 4.78 is 5.57. The smallest absolute Gasteiger partial charge is 0.314 e. The van der Waals surface area contributed by atoms with Crippen molar-refractivity contribution in [1.29, 1.82) is 0 Å². The number of carbonyl (C=O) groups is 3. The van der Waals surface area contributed by atoms with Gasteiger partial charge in [-0.3, -0.25) is 14.4 Å². The zero-order valence-electron chi connectivity index (χ0n) is 25.3. The molecule has 2 aromatic carbocycles. The number of esters is 1. The molecule has 0 radical (unpaired) electrons. The molecule has 3 aromatic rings. The van der Waals surface area contributed by atoms with E-state index in [9.17, 15) is 14.4 Å². The number of aromatic amines is 1. The van der Waals surface area contributed by atoms with Crippen LogP contribution in [0, 0.1) is 5.41 Å². The lowest BCUT2D eigenvalue weighted by Crippen LogP contribution is -2.57. The minimum atomic E-state index is -0.855. The minimum Gasteiger partial charge on any atom is -0.466 e. The molecule has 2 heterocycles. The van der Waals surface area contributed by atoms with Gasteiger partial charge in [0.05, 0.1) is 12.0 Å². The van der Waals surface area contributed by atoms with Crippen LogP contribution in [0.5, 0.6) is 0 Å². The van der Waals surface area contributed by atoms with E-state index < -0.39 is 17.0 Å². The number of nitrogens with one attached hydrogen (secondary N) is 1. The molecule has 0 spiro atoms. The second kappa shape index (κ2) is 13.4. The highest BCUT2D eigenvalue weighted by atomic mass is 16.5. The number of para-hydroxylation sites is 1. The van der Waals surface area contributed by atoms with Gasteiger partial charge in [-0.1, -0.05) is 54.6 Å².